The molecular formula is C39H72O8. The average Bonchev–Trinajstić information content (AvgIpc) is 3.05. The van der Waals surface area contributed by atoms with E-state index in [4.69, 9.17) is 19.3 Å². The second kappa shape index (κ2) is 35.2. The maximum Gasteiger partial charge on any atom is 0.306 e. The van der Waals surface area contributed by atoms with E-state index in [1.807, 2.05) is 0 Å². The van der Waals surface area contributed by atoms with Crippen LogP contribution in [0.1, 0.15) is 206 Å². The molecule has 276 valence electrons. The molecule has 0 rings (SSSR count). The molecule has 0 saturated carbocycles. The number of carbonyl (C=O) groups excluding carboxylic acids is 3. The number of hydrogen-bond donors (Lipinski definition) is 1. The van der Waals surface area contributed by atoms with Crippen molar-refractivity contribution in [1.29, 1.82) is 0 Å². The number of aliphatic carboxylic acids is 1. The van der Waals surface area contributed by atoms with Crippen LogP contribution in [0.25, 0.3) is 0 Å². The number of carbonyl (C=O) groups is 4. The van der Waals surface area contributed by atoms with Crippen molar-refractivity contribution in [2.45, 2.75) is 213 Å². The van der Waals surface area contributed by atoms with Crippen molar-refractivity contribution < 1.29 is 38.5 Å². The predicted molar refractivity (Wildman–Crippen MR) is 189 cm³/mol. The summed E-state index contributed by atoms with van der Waals surface area (Å²) in [7, 11) is 0. The monoisotopic (exact) mass is 669 g/mol. The highest BCUT2D eigenvalue weighted by atomic mass is 16.6. The van der Waals surface area contributed by atoms with Gasteiger partial charge < -0.3 is 19.3 Å². The van der Waals surface area contributed by atoms with Crippen molar-refractivity contribution in [3.63, 3.8) is 0 Å². The van der Waals surface area contributed by atoms with Gasteiger partial charge in [-0.3, -0.25) is 19.2 Å². The lowest BCUT2D eigenvalue weighted by atomic mass is 10.0. The van der Waals surface area contributed by atoms with Crippen LogP contribution in [-0.2, 0) is 33.4 Å². The van der Waals surface area contributed by atoms with Crippen LogP contribution < -0.4 is 0 Å². The molecule has 0 aliphatic heterocycles. The maximum atomic E-state index is 12.5. The molecule has 1 N–H and O–H groups in total. The quantitative estimate of drug-likeness (QED) is 0.0398. The van der Waals surface area contributed by atoms with E-state index in [1.54, 1.807) is 0 Å². The molecule has 0 aromatic heterocycles. The fourth-order valence-corrected chi connectivity index (χ4v) is 5.66. The fraction of sp³-hybridized carbons (Fsp3) is 0.897. The Balaban J connectivity index is 4.14. The molecule has 0 spiro atoms. The van der Waals surface area contributed by atoms with Gasteiger partial charge in [-0.05, 0) is 12.8 Å². The maximum absolute atomic E-state index is 12.5. The van der Waals surface area contributed by atoms with Crippen LogP contribution in [0.2, 0.25) is 0 Å². The van der Waals surface area contributed by atoms with Crippen molar-refractivity contribution in [3.8, 4) is 0 Å². The number of ether oxygens (including phenoxy) is 3. The van der Waals surface area contributed by atoms with E-state index in [1.165, 1.54) is 128 Å². The summed E-state index contributed by atoms with van der Waals surface area (Å²) in [6.45, 7) is 4.04. The summed E-state index contributed by atoms with van der Waals surface area (Å²) in [5, 5.41) is 8.78. The van der Waals surface area contributed by atoms with Gasteiger partial charge in [-0.25, -0.2) is 0 Å². The zero-order valence-electron chi connectivity index (χ0n) is 30.5. The van der Waals surface area contributed by atoms with Crippen molar-refractivity contribution in [2.24, 2.45) is 0 Å². The standard InChI is InChI=1S/C39H72O8/c1-3-5-7-9-11-13-15-17-19-21-23-25-27-29-37(42)45-33-35(34-46-38(43)32-31-36(40)41)47-39(44)30-28-26-24-22-20-18-16-14-12-10-8-6-4-2/h35H,3-34H2,1-2H3,(H,40,41)/t35-/m1/s1. The first-order valence-corrected chi connectivity index (χ1v) is 19.6. The lowest BCUT2D eigenvalue weighted by Crippen LogP contribution is -2.31. The first-order valence-electron chi connectivity index (χ1n) is 19.6. The number of unbranched alkanes of at least 4 members (excludes halogenated alkanes) is 24. The van der Waals surface area contributed by atoms with Gasteiger partial charge in [0.15, 0.2) is 6.10 Å². The summed E-state index contributed by atoms with van der Waals surface area (Å²) < 4.78 is 16.0. The molecule has 0 aromatic carbocycles. The molecule has 0 aliphatic rings. The normalized spacial score (nSPS) is 11.7. The van der Waals surface area contributed by atoms with Gasteiger partial charge >= 0.3 is 23.9 Å². The van der Waals surface area contributed by atoms with E-state index in [0.29, 0.717) is 6.42 Å². The molecule has 47 heavy (non-hydrogen) atoms. The highest BCUT2D eigenvalue weighted by Gasteiger charge is 2.20. The molecule has 0 heterocycles. The third-order valence-corrected chi connectivity index (χ3v) is 8.67. The minimum absolute atomic E-state index is 0.187. The molecule has 0 aliphatic carbocycles. The van der Waals surface area contributed by atoms with Gasteiger partial charge in [0.2, 0.25) is 0 Å². The van der Waals surface area contributed by atoms with Crippen LogP contribution in [0, 0.1) is 0 Å². The molecule has 0 saturated heterocycles. The van der Waals surface area contributed by atoms with E-state index in [9.17, 15) is 19.2 Å². The molecule has 0 amide bonds. The van der Waals surface area contributed by atoms with Crippen LogP contribution in [0.3, 0.4) is 0 Å². The fourth-order valence-electron chi connectivity index (χ4n) is 5.66. The van der Waals surface area contributed by atoms with Crippen molar-refractivity contribution in [1.82, 2.24) is 0 Å². The van der Waals surface area contributed by atoms with Crippen LogP contribution in [-0.4, -0.2) is 48.3 Å². The molecule has 8 heteroatoms. The largest absolute Gasteiger partial charge is 0.481 e. The van der Waals surface area contributed by atoms with Crippen molar-refractivity contribution in [3.05, 3.63) is 0 Å². The average molecular weight is 669 g/mol. The van der Waals surface area contributed by atoms with Crippen LogP contribution >= 0.6 is 0 Å². The molecule has 1 atom stereocenters. The van der Waals surface area contributed by atoms with Crippen molar-refractivity contribution in [2.75, 3.05) is 13.2 Å². The van der Waals surface area contributed by atoms with Gasteiger partial charge in [0.05, 0.1) is 12.8 Å². The highest BCUT2D eigenvalue weighted by molar-refractivity contribution is 5.76. The summed E-state index contributed by atoms with van der Waals surface area (Å²) in [5.74, 6) is -2.55. The van der Waals surface area contributed by atoms with Gasteiger partial charge in [-0.1, -0.05) is 168 Å². The minimum Gasteiger partial charge on any atom is -0.481 e. The molecule has 0 radical (unpaired) electrons. The lowest BCUT2D eigenvalue weighted by Gasteiger charge is -2.18. The number of rotatable bonds is 36. The van der Waals surface area contributed by atoms with Crippen LogP contribution in [0.5, 0.6) is 0 Å². The topological polar surface area (TPSA) is 116 Å². The van der Waals surface area contributed by atoms with Gasteiger partial charge in [0.25, 0.3) is 0 Å². The van der Waals surface area contributed by atoms with Gasteiger partial charge in [0.1, 0.15) is 13.2 Å². The number of hydrogen-bond acceptors (Lipinski definition) is 7. The molecular weight excluding hydrogens is 596 g/mol. The van der Waals surface area contributed by atoms with E-state index in [0.717, 1.165) is 38.5 Å². The van der Waals surface area contributed by atoms with Gasteiger partial charge in [-0.2, -0.15) is 0 Å². The molecule has 0 unspecified atom stereocenters. The summed E-state index contributed by atoms with van der Waals surface area (Å²) in [6, 6.07) is 0. The zero-order chi connectivity index (χ0) is 34.6. The number of esters is 3. The Morgan fingerprint density at radius 1 is 0.404 bits per heavy atom. The Morgan fingerprint density at radius 2 is 0.702 bits per heavy atom. The van der Waals surface area contributed by atoms with Crippen LogP contribution in [0.4, 0.5) is 0 Å². The Bertz CT molecular complexity index is 753. The van der Waals surface area contributed by atoms with Gasteiger partial charge in [0, 0.05) is 12.8 Å². The molecule has 0 fully saturated rings. The Labute approximate surface area is 287 Å². The van der Waals surface area contributed by atoms with E-state index in [2.05, 4.69) is 13.8 Å². The van der Waals surface area contributed by atoms with Crippen molar-refractivity contribution >= 4 is 23.9 Å². The summed E-state index contributed by atoms with van der Waals surface area (Å²) in [5.41, 5.74) is 0. The Hall–Kier alpha value is -2.12. The summed E-state index contributed by atoms with van der Waals surface area (Å²) in [6.07, 6.45) is 30.8. The molecule has 8 nitrogen and oxygen atoms in total. The summed E-state index contributed by atoms with van der Waals surface area (Å²) >= 11 is 0. The van der Waals surface area contributed by atoms with E-state index in [-0.39, 0.29) is 38.4 Å². The Morgan fingerprint density at radius 3 is 1.04 bits per heavy atom. The van der Waals surface area contributed by atoms with Crippen LogP contribution in [0.15, 0.2) is 0 Å². The van der Waals surface area contributed by atoms with Gasteiger partial charge in [-0.15, -0.1) is 0 Å². The second-order valence-corrected chi connectivity index (χ2v) is 13.4. The second-order valence-electron chi connectivity index (χ2n) is 13.4. The summed E-state index contributed by atoms with van der Waals surface area (Å²) in [4.78, 5) is 47.4. The number of carboxylic acid groups (broad SMARTS) is 1. The number of carboxylic acids is 1. The smallest absolute Gasteiger partial charge is 0.306 e. The minimum atomic E-state index is -1.09. The third-order valence-electron chi connectivity index (χ3n) is 8.67. The highest BCUT2D eigenvalue weighted by Crippen LogP contribution is 2.15. The lowest BCUT2D eigenvalue weighted by molar-refractivity contribution is -0.167. The first kappa shape index (κ1) is 44.9. The van der Waals surface area contributed by atoms with E-state index >= 15 is 0 Å². The predicted octanol–water partition coefficient (Wildman–Crippen LogP) is 10.8. The van der Waals surface area contributed by atoms with E-state index < -0.39 is 24.0 Å². The first-order chi connectivity index (χ1) is 22.9. The third kappa shape index (κ3) is 35.0. The molecule has 0 bridgehead atoms. The SMILES string of the molecule is CCCCCCCCCCCCCCCC(=O)OC[C@H](COC(=O)CCC(=O)O)OC(=O)CCCCCCCCCCCCCCC. The Kier molecular flexibility index (Phi) is 33.6. The zero-order valence-corrected chi connectivity index (χ0v) is 30.5. The molecule has 0 aromatic rings.